The molecule has 1 spiro atoms. The lowest BCUT2D eigenvalue weighted by Gasteiger charge is -2.31. The third-order valence-electron chi connectivity index (χ3n) is 8.87. The number of carboxylic acid groups (broad SMARTS) is 1. The van der Waals surface area contributed by atoms with E-state index in [0.717, 1.165) is 37.7 Å². The van der Waals surface area contributed by atoms with Gasteiger partial charge < -0.3 is 25.4 Å². The SMILES string of the molecule is Cc1ccc2c(NC(=O)[C@H]3CC34CC4)c(F)ccc2c1Oc1ncccc1-c1ccnc(NC2CCCN(C(=O)O)C2)n1. The second-order valence-electron chi connectivity index (χ2n) is 11.8. The Kier molecular flexibility index (Phi) is 6.60. The van der Waals surface area contributed by atoms with Crippen molar-refractivity contribution in [2.75, 3.05) is 23.7 Å². The number of nitrogens with zero attached hydrogens (tertiary/aromatic N) is 4. The molecule has 2 saturated carbocycles. The van der Waals surface area contributed by atoms with Crippen molar-refractivity contribution in [2.24, 2.45) is 11.3 Å². The Morgan fingerprint density at radius 3 is 2.72 bits per heavy atom. The lowest BCUT2D eigenvalue weighted by Crippen LogP contribution is -2.44. The second kappa shape index (κ2) is 10.5. The average Bonchev–Trinajstić information content (AvgIpc) is 3.94. The van der Waals surface area contributed by atoms with Gasteiger partial charge in [0.05, 0.1) is 16.9 Å². The maximum absolute atomic E-state index is 15.1. The van der Waals surface area contributed by atoms with Crippen molar-refractivity contribution in [3.8, 4) is 22.9 Å². The molecule has 3 aliphatic rings. The van der Waals surface area contributed by atoms with Crippen molar-refractivity contribution >= 4 is 34.4 Å². The van der Waals surface area contributed by atoms with Gasteiger partial charge in [-0.05, 0) is 80.3 Å². The first-order valence-electron chi connectivity index (χ1n) is 14.5. The number of anilines is 2. The highest BCUT2D eigenvalue weighted by Crippen LogP contribution is 2.70. The third-order valence-corrected chi connectivity index (χ3v) is 8.87. The number of halogens is 1. The van der Waals surface area contributed by atoms with Crippen LogP contribution in [0.3, 0.4) is 0 Å². The van der Waals surface area contributed by atoms with Crippen LogP contribution >= 0.6 is 0 Å². The number of likely N-dealkylation sites (tertiary alicyclic amines) is 1. The molecule has 0 bridgehead atoms. The number of benzene rings is 2. The van der Waals surface area contributed by atoms with E-state index in [4.69, 9.17) is 4.74 Å². The van der Waals surface area contributed by atoms with E-state index in [1.54, 1.807) is 36.7 Å². The summed E-state index contributed by atoms with van der Waals surface area (Å²) in [6.45, 7) is 2.77. The van der Waals surface area contributed by atoms with E-state index in [0.29, 0.717) is 52.7 Å². The Morgan fingerprint density at radius 1 is 1.09 bits per heavy atom. The van der Waals surface area contributed by atoms with Gasteiger partial charge in [-0.2, -0.15) is 0 Å². The molecule has 4 aromatic rings. The molecule has 1 aliphatic heterocycles. The Hall–Kier alpha value is -4.80. The maximum atomic E-state index is 15.1. The molecule has 43 heavy (non-hydrogen) atoms. The van der Waals surface area contributed by atoms with Crippen LogP contribution in [0.2, 0.25) is 0 Å². The molecule has 220 valence electrons. The summed E-state index contributed by atoms with van der Waals surface area (Å²) in [5.41, 5.74) is 2.34. The van der Waals surface area contributed by atoms with Crippen LogP contribution < -0.4 is 15.4 Å². The predicted molar refractivity (Wildman–Crippen MR) is 159 cm³/mol. The van der Waals surface area contributed by atoms with E-state index in [1.165, 1.54) is 11.0 Å². The monoisotopic (exact) mass is 582 g/mol. The number of pyridine rings is 1. The molecular weight excluding hydrogens is 551 g/mol. The van der Waals surface area contributed by atoms with E-state index in [1.807, 2.05) is 19.1 Å². The van der Waals surface area contributed by atoms with E-state index in [9.17, 15) is 14.7 Å². The smallest absolute Gasteiger partial charge is 0.407 e. The largest absolute Gasteiger partial charge is 0.465 e. The van der Waals surface area contributed by atoms with Crippen LogP contribution in [0, 0.1) is 24.1 Å². The minimum absolute atomic E-state index is 0.0409. The Morgan fingerprint density at radius 2 is 1.93 bits per heavy atom. The number of carbonyl (C=O) groups excluding carboxylic acids is 1. The van der Waals surface area contributed by atoms with Gasteiger partial charge in [-0.25, -0.2) is 24.1 Å². The van der Waals surface area contributed by atoms with E-state index in [-0.39, 0.29) is 29.0 Å². The number of rotatable bonds is 7. The summed E-state index contributed by atoms with van der Waals surface area (Å²) in [6, 6.07) is 11.9. The Balaban J connectivity index is 1.17. The van der Waals surface area contributed by atoms with Crippen molar-refractivity contribution in [1.29, 1.82) is 0 Å². The zero-order valence-electron chi connectivity index (χ0n) is 23.6. The number of amides is 2. The molecule has 2 atom stereocenters. The fourth-order valence-corrected chi connectivity index (χ4v) is 6.16. The van der Waals surface area contributed by atoms with Gasteiger partial charge in [0.2, 0.25) is 17.7 Å². The second-order valence-corrected chi connectivity index (χ2v) is 11.8. The van der Waals surface area contributed by atoms with Crippen LogP contribution in [0.25, 0.3) is 22.0 Å². The van der Waals surface area contributed by atoms with Crippen molar-refractivity contribution in [1.82, 2.24) is 19.9 Å². The normalized spacial score (nSPS) is 20.1. The number of carbonyl (C=O) groups is 2. The van der Waals surface area contributed by atoms with E-state index in [2.05, 4.69) is 25.6 Å². The number of aromatic nitrogens is 3. The van der Waals surface area contributed by atoms with Gasteiger partial charge in [0.1, 0.15) is 11.6 Å². The fraction of sp³-hybridized carbons (Fsp3) is 0.344. The van der Waals surface area contributed by atoms with Crippen LogP contribution in [0.5, 0.6) is 11.6 Å². The van der Waals surface area contributed by atoms with Gasteiger partial charge in [0.15, 0.2) is 0 Å². The number of ether oxygens (including phenoxy) is 1. The molecule has 1 saturated heterocycles. The molecule has 0 radical (unpaired) electrons. The van der Waals surface area contributed by atoms with Crippen LogP contribution in [0.1, 0.15) is 37.7 Å². The van der Waals surface area contributed by atoms with Crippen LogP contribution in [-0.4, -0.2) is 56.1 Å². The summed E-state index contributed by atoms with van der Waals surface area (Å²) < 4.78 is 21.5. The molecule has 3 heterocycles. The zero-order chi connectivity index (χ0) is 29.7. The first kappa shape index (κ1) is 27.1. The molecule has 2 aliphatic carbocycles. The van der Waals surface area contributed by atoms with E-state index < -0.39 is 11.9 Å². The summed E-state index contributed by atoms with van der Waals surface area (Å²) >= 11 is 0. The van der Waals surface area contributed by atoms with Gasteiger partial charge in [0, 0.05) is 48.2 Å². The summed E-state index contributed by atoms with van der Waals surface area (Å²) in [4.78, 5) is 39.3. The number of piperidine rings is 1. The standard InChI is InChI=1S/C32H31FN6O4/c1-18-6-7-20-21(8-9-24(33)26(20)38-28(40)23-16-32(23)11-12-32)27(18)43-29-22(5-2-13-34-29)25-10-14-35-30(37-25)36-19-4-3-15-39(17-19)31(41)42/h2,5-10,13-14,19,23H,3-4,11-12,15-17H2,1H3,(H,38,40)(H,41,42)(H,35,36,37)/t19?,23-/m1/s1. The first-order chi connectivity index (χ1) is 20.8. The molecule has 3 fully saturated rings. The Labute approximate surface area is 247 Å². The summed E-state index contributed by atoms with van der Waals surface area (Å²) in [5, 5.41) is 16.7. The summed E-state index contributed by atoms with van der Waals surface area (Å²) in [5.74, 6) is 0.523. The number of hydrogen-bond donors (Lipinski definition) is 3. The molecule has 7 rings (SSSR count). The minimum atomic E-state index is -0.936. The third kappa shape index (κ3) is 5.19. The van der Waals surface area contributed by atoms with Crippen molar-refractivity contribution in [3.63, 3.8) is 0 Å². The average molecular weight is 583 g/mol. The van der Waals surface area contributed by atoms with Crippen LogP contribution in [-0.2, 0) is 4.79 Å². The molecule has 2 aromatic carbocycles. The lowest BCUT2D eigenvalue weighted by molar-refractivity contribution is -0.117. The number of hydrogen-bond acceptors (Lipinski definition) is 7. The Bertz CT molecular complexity index is 1760. The molecule has 3 N–H and O–H groups in total. The molecule has 2 amide bonds. The number of nitrogens with one attached hydrogen (secondary N) is 2. The quantitative estimate of drug-likeness (QED) is 0.234. The van der Waals surface area contributed by atoms with Crippen LogP contribution in [0.4, 0.5) is 20.8 Å². The molecule has 10 nitrogen and oxygen atoms in total. The highest BCUT2D eigenvalue weighted by molar-refractivity contribution is 6.06. The highest BCUT2D eigenvalue weighted by atomic mass is 19.1. The minimum Gasteiger partial charge on any atom is -0.465 e. The highest BCUT2D eigenvalue weighted by Gasteiger charge is 2.65. The predicted octanol–water partition coefficient (Wildman–Crippen LogP) is 6.22. The van der Waals surface area contributed by atoms with Gasteiger partial charge >= 0.3 is 6.09 Å². The lowest BCUT2D eigenvalue weighted by atomic mass is 10.0. The molecule has 1 unspecified atom stereocenters. The van der Waals surface area contributed by atoms with Crippen molar-refractivity contribution < 1.29 is 23.8 Å². The summed E-state index contributed by atoms with van der Waals surface area (Å²) in [7, 11) is 0. The first-order valence-corrected chi connectivity index (χ1v) is 14.5. The summed E-state index contributed by atoms with van der Waals surface area (Å²) in [6.07, 6.45) is 6.90. The van der Waals surface area contributed by atoms with Crippen molar-refractivity contribution in [2.45, 2.75) is 45.1 Å². The molecular formula is C32H31FN6O4. The van der Waals surface area contributed by atoms with Gasteiger partial charge in [-0.3, -0.25) is 4.79 Å². The maximum Gasteiger partial charge on any atom is 0.407 e. The fourth-order valence-electron chi connectivity index (χ4n) is 6.16. The topological polar surface area (TPSA) is 130 Å². The van der Waals surface area contributed by atoms with Gasteiger partial charge in [-0.15, -0.1) is 0 Å². The van der Waals surface area contributed by atoms with Crippen molar-refractivity contribution in [3.05, 3.63) is 66.2 Å². The van der Waals surface area contributed by atoms with Crippen LogP contribution in [0.15, 0.2) is 54.9 Å². The molecule has 2 aromatic heterocycles. The van der Waals surface area contributed by atoms with Gasteiger partial charge in [-0.1, -0.05) is 12.1 Å². The van der Waals surface area contributed by atoms with E-state index >= 15 is 4.39 Å². The molecule has 11 heteroatoms. The number of fused-ring (bicyclic) bond motifs is 1. The van der Waals surface area contributed by atoms with Gasteiger partial charge in [0.25, 0.3) is 0 Å². The zero-order valence-corrected chi connectivity index (χ0v) is 23.6. The number of aryl methyl sites for hydroxylation is 1.